The maximum atomic E-state index is 12.4. The third kappa shape index (κ3) is 4.02. The van der Waals surface area contributed by atoms with Crippen LogP contribution in [0.5, 0.6) is 0 Å². The molecule has 2 aliphatic heterocycles. The molecule has 2 fully saturated rings. The van der Waals surface area contributed by atoms with Crippen LogP contribution in [-0.4, -0.2) is 69.0 Å². The van der Waals surface area contributed by atoms with Gasteiger partial charge >= 0.3 is 0 Å². The molecule has 1 atom stereocenters. The van der Waals surface area contributed by atoms with Crippen LogP contribution >= 0.6 is 0 Å². The molecule has 26 heavy (non-hydrogen) atoms. The van der Waals surface area contributed by atoms with Gasteiger partial charge in [0.2, 0.25) is 11.8 Å². The highest BCUT2D eigenvalue weighted by molar-refractivity contribution is 5.82. The number of aliphatic hydroxyl groups excluding tert-OH is 1. The zero-order valence-electron chi connectivity index (χ0n) is 15.2. The molecule has 3 N–H and O–H groups in total. The predicted molar refractivity (Wildman–Crippen MR) is 94.7 cm³/mol. The van der Waals surface area contributed by atoms with Crippen LogP contribution in [0.25, 0.3) is 0 Å². The summed E-state index contributed by atoms with van der Waals surface area (Å²) in [6.07, 6.45) is 6.52. The van der Waals surface area contributed by atoms with Crippen LogP contribution in [0.15, 0.2) is 12.4 Å². The summed E-state index contributed by atoms with van der Waals surface area (Å²) in [6, 6.07) is -0.839. The van der Waals surface area contributed by atoms with Crippen molar-refractivity contribution >= 4 is 11.8 Å². The third-order valence-electron chi connectivity index (χ3n) is 5.59. The van der Waals surface area contributed by atoms with Crippen LogP contribution in [0.2, 0.25) is 0 Å². The fourth-order valence-corrected chi connectivity index (χ4v) is 3.87. The van der Waals surface area contributed by atoms with E-state index in [1.54, 1.807) is 17.3 Å². The average molecular weight is 361 g/mol. The van der Waals surface area contributed by atoms with Crippen molar-refractivity contribution in [2.75, 3.05) is 26.2 Å². The minimum Gasteiger partial charge on any atom is -0.394 e. The van der Waals surface area contributed by atoms with Crippen LogP contribution in [-0.2, 0) is 16.1 Å². The summed E-state index contributed by atoms with van der Waals surface area (Å²) in [6.45, 7) is 3.97. The molecule has 0 aromatic carbocycles. The highest BCUT2D eigenvalue weighted by Crippen LogP contribution is 2.40. The van der Waals surface area contributed by atoms with Crippen LogP contribution in [0.4, 0.5) is 0 Å². The van der Waals surface area contributed by atoms with Gasteiger partial charge in [0.1, 0.15) is 6.04 Å². The van der Waals surface area contributed by atoms with Gasteiger partial charge in [-0.05, 0) is 31.6 Å². The molecule has 2 aliphatic rings. The van der Waals surface area contributed by atoms with Gasteiger partial charge in [0, 0.05) is 32.3 Å². The first kappa shape index (κ1) is 18.7. The first-order valence-electron chi connectivity index (χ1n) is 9.13. The zero-order chi connectivity index (χ0) is 18.7. The van der Waals surface area contributed by atoms with E-state index in [-0.39, 0.29) is 23.8 Å². The maximum Gasteiger partial charge on any atom is 0.241 e. The first-order chi connectivity index (χ1) is 12.4. The monoisotopic (exact) mass is 361 g/mol. The van der Waals surface area contributed by atoms with E-state index < -0.39 is 6.04 Å². The molecule has 1 aromatic heterocycles. The molecule has 0 aliphatic carbocycles. The van der Waals surface area contributed by atoms with Crippen LogP contribution in [0.3, 0.4) is 0 Å². The summed E-state index contributed by atoms with van der Waals surface area (Å²) in [5, 5.41) is 9.07. The molecule has 1 spiro atoms. The minimum atomic E-state index is -0.839. The number of carbonyl (C=O) groups is 2. The van der Waals surface area contributed by atoms with Crippen LogP contribution < -0.4 is 5.73 Å². The second kappa shape index (κ2) is 7.67. The number of carbonyl (C=O) groups excluding carboxylic acids is 2. The summed E-state index contributed by atoms with van der Waals surface area (Å²) in [4.78, 5) is 36.7. The summed E-state index contributed by atoms with van der Waals surface area (Å²) in [7, 11) is 0. The lowest BCUT2D eigenvalue weighted by Gasteiger charge is -2.47. The first-order valence-corrected chi connectivity index (χ1v) is 9.13. The molecule has 0 bridgehead atoms. The molecular weight excluding hydrogens is 334 g/mol. The van der Waals surface area contributed by atoms with Gasteiger partial charge in [0.25, 0.3) is 0 Å². The van der Waals surface area contributed by atoms with Gasteiger partial charge in [0.15, 0.2) is 0 Å². The van der Waals surface area contributed by atoms with E-state index in [1.165, 1.54) is 0 Å². The Labute approximate surface area is 153 Å². The molecule has 0 unspecified atom stereocenters. The van der Waals surface area contributed by atoms with Crippen molar-refractivity contribution in [2.45, 2.75) is 45.2 Å². The van der Waals surface area contributed by atoms with Gasteiger partial charge in [-0.25, -0.2) is 0 Å². The van der Waals surface area contributed by atoms with E-state index in [9.17, 15) is 9.59 Å². The Kier molecular flexibility index (Phi) is 5.52. The Morgan fingerprint density at radius 3 is 2.65 bits per heavy atom. The summed E-state index contributed by atoms with van der Waals surface area (Å²) >= 11 is 0. The van der Waals surface area contributed by atoms with Gasteiger partial charge in [-0.1, -0.05) is 0 Å². The van der Waals surface area contributed by atoms with E-state index in [0.717, 1.165) is 30.7 Å². The normalized spacial score (nSPS) is 21.1. The number of hydrogen-bond donors (Lipinski definition) is 2. The molecule has 3 heterocycles. The van der Waals surface area contributed by atoms with E-state index in [4.69, 9.17) is 10.8 Å². The molecular formula is C18H27N5O3. The fourth-order valence-electron chi connectivity index (χ4n) is 3.87. The number of hydrogen-bond acceptors (Lipinski definition) is 6. The number of aryl methyl sites for hydroxylation is 1. The second-order valence-corrected chi connectivity index (χ2v) is 7.51. The summed E-state index contributed by atoms with van der Waals surface area (Å²) < 4.78 is 0. The van der Waals surface area contributed by atoms with Crippen molar-refractivity contribution in [1.29, 1.82) is 0 Å². The molecule has 2 amide bonds. The van der Waals surface area contributed by atoms with Gasteiger partial charge in [-0.2, -0.15) is 0 Å². The number of rotatable bonds is 4. The number of aromatic nitrogens is 2. The van der Waals surface area contributed by atoms with E-state index in [2.05, 4.69) is 9.97 Å². The van der Waals surface area contributed by atoms with Crippen molar-refractivity contribution < 1.29 is 14.7 Å². The largest absolute Gasteiger partial charge is 0.394 e. The molecule has 142 valence electrons. The maximum absolute atomic E-state index is 12.4. The lowest BCUT2D eigenvalue weighted by atomic mass is 9.72. The van der Waals surface area contributed by atoms with Gasteiger partial charge in [-0.3, -0.25) is 19.6 Å². The Morgan fingerprint density at radius 1 is 1.31 bits per heavy atom. The number of piperidine rings is 2. The van der Waals surface area contributed by atoms with E-state index >= 15 is 0 Å². The van der Waals surface area contributed by atoms with Crippen LogP contribution in [0, 0.1) is 12.3 Å². The Balaban J connectivity index is 1.62. The minimum absolute atomic E-state index is 0.0477. The second-order valence-electron chi connectivity index (χ2n) is 7.51. The summed E-state index contributed by atoms with van der Waals surface area (Å²) in [5.74, 6) is -0.0418. The van der Waals surface area contributed by atoms with Crippen molar-refractivity contribution in [1.82, 2.24) is 19.8 Å². The van der Waals surface area contributed by atoms with Crippen molar-refractivity contribution in [3.63, 3.8) is 0 Å². The standard InChI is InChI=1S/C18H27N5O3/c1-13-8-21-14(9-20-13)10-23-12-18(3-2-16(23)25)4-6-22(7-5-18)17(26)15(19)11-24/h8-9,15,24H,2-7,10-12,19H2,1H3/t15-/m0/s1. The Bertz CT molecular complexity index is 655. The molecule has 0 saturated carbocycles. The number of nitrogens with zero attached hydrogens (tertiary/aromatic N) is 4. The topological polar surface area (TPSA) is 113 Å². The quantitative estimate of drug-likeness (QED) is 0.770. The zero-order valence-corrected chi connectivity index (χ0v) is 15.2. The number of nitrogens with two attached hydrogens (primary N) is 1. The third-order valence-corrected chi connectivity index (χ3v) is 5.59. The smallest absolute Gasteiger partial charge is 0.241 e. The Hall–Kier alpha value is -2.06. The predicted octanol–water partition coefficient (Wildman–Crippen LogP) is -0.164. The van der Waals surface area contributed by atoms with Crippen molar-refractivity contribution in [3.05, 3.63) is 23.8 Å². The number of aliphatic hydroxyl groups is 1. The van der Waals surface area contributed by atoms with Crippen molar-refractivity contribution in [3.8, 4) is 0 Å². The van der Waals surface area contributed by atoms with Gasteiger partial charge in [-0.15, -0.1) is 0 Å². The molecule has 8 nitrogen and oxygen atoms in total. The van der Waals surface area contributed by atoms with Gasteiger partial charge in [0.05, 0.1) is 30.7 Å². The highest BCUT2D eigenvalue weighted by Gasteiger charge is 2.42. The molecule has 2 saturated heterocycles. The molecule has 0 radical (unpaired) electrons. The molecule has 3 rings (SSSR count). The SMILES string of the molecule is Cc1cnc(CN2CC3(CCC2=O)CCN(C(=O)[C@@H](N)CO)CC3)cn1. The summed E-state index contributed by atoms with van der Waals surface area (Å²) in [5.41, 5.74) is 7.34. The highest BCUT2D eigenvalue weighted by atomic mass is 16.3. The van der Waals surface area contributed by atoms with Crippen molar-refractivity contribution in [2.24, 2.45) is 11.1 Å². The van der Waals surface area contributed by atoms with Gasteiger partial charge < -0.3 is 20.6 Å². The molecule has 8 heteroatoms. The Morgan fingerprint density at radius 2 is 2.04 bits per heavy atom. The van der Waals surface area contributed by atoms with E-state index in [1.807, 2.05) is 11.8 Å². The number of likely N-dealkylation sites (tertiary alicyclic amines) is 2. The lowest BCUT2D eigenvalue weighted by Crippen LogP contribution is -2.54. The number of amides is 2. The lowest BCUT2D eigenvalue weighted by molar-refractivity contribution is -0.144. The fraction of sp³-hybridized carbons (Fsp3) is 0.667. The molecule has 1 aromatic rings. The van der Waals surface area contributed by atoms with Crippen LogP contribution in [0.1, 0.15) is 37.1 Å². The average Bonchev–Trinajstić information content (AvgIpc) is 2.66. The van der Waals surface area contributed by atoms with E-state index in [0.29, 0.717) is 32.6 Å².